The highest BCUT2D eigenvalue weighted by molar-refractivity contribution is 5.94. The van der Waals surface area contributed by atoms with Gasteiger partial charge < -0.3 is 15.3 Å². The first-order valence-electron chi connectivity index (χ1n) is 9.86. The van der Waals surface area contributed by atoms with Crippen molar-refractivity contribution in [2.45, 2.75) is 52.2 Å². The van der Waals surface area contributed by atoms with Crippen molar-refractivity contribution >= 4 is 17.7 Å². The number of aromatic nitrogens is 2. The lowest BCUT2D eigenvalue weighted by atomic mass is 9.79. The zero-order valence-electron chi connectivity index (χ0n) is 16.4. The van der Waals surface area contributed by atoms with E-state index in [1.807, 2.05) is 54.0 Å². The van der Waals surface area contributed by atoms with Gasteiger partial charge in [-0.3, -0.25) is 9.48 Å². The highest BCUT2D eigenvalue weighted by Crippen LogP contribution is 2.49. The number of aryl methyl sites for hydroxylation is 1. The third-order valence-electron chi connectivity index (χ3n) is 6.00. The molecule has 1 aromatic heterocycles. The Morgan fingerprint density at radius 1 is 1.29 bits per heavy atom. The number of hydrogen-bond acceptors (Lipinski definition) is 3. The van der Waals surface area contributed by atoms with Crippen LogP contribution in [0.2, 0.25) is 0 Å². The number of carbonyl (C=O) groups excluding carboxylic acids is 1. The van der Waals surface area contributed by atoms with Crippen LogP contribution in [0.3, 0.4) is 0 Å². The summed E-state index contributed by atoms with van der Waals surface area (Å²) >= 11 is 0. The maximum atomic E-state index is 12.6. The molecule has 2 N–H and O–H groups in total. The Kier molecular flexibility index (Phi) is 4.61. The van der Waals surface area contributed by atoms with Crippen LogP contribution in [0.1, 0.15) is 45.2 Å². The molecule has 7 heteroatoms. The van der Waals surface area contributed by atoms with Crippen molar-refractivity contribution in [3.63, 3.8) is 0 Å². The van der Waals surface area contributed by atoms with E-state index in [1.165, 1.54) is 0 Å². The number of benzene rings is 1. The van der Waals surface area contributed by atoms with Gasteiger partial charge in [0.2, 0.25) is 5.91 Å². The molecular formula is C21H26N4O3. The van der Waals surface area contributed by atoms with Crippen molar-refractivity contribution in [2.24, 2.45) is 11.8 Å². The number of anilines is 1. The summed E-state index contributed by atoms with van der Waals surface area (Å²) in [6.45, 7) is 6.45. The molecule has 0 saturated heterocycles. The average molecular weight is 382 g/mol. The molecule has 0 bridgehead atoms. The predicted octanol–water partition coefficient (Wildman–Crippen LogP) is 3.66. The fraction of sp³-hybridized carbons (Fsp3) is 0.476. The SMILES string of the molecule is CCn1cc(-c2ccc3c(c2)[C@H](NC(=O)O)[C@@H](C)[C@@H](C2CC2)N3C(C)=O)cn1. The average Bonchev–Trinajstić information content (AvgIpc) is 3.38. The normalized spacial score (nSPS) is 24.0. The van der Waals surface area contributed by atoms with Crippen LogP contribution in [-0.2, 0) is 11.3 Å². The van der Waals surface area contributed by atoms with Gasteiger partial charge in [-0.05, 0) is 48.9 Å². The van der Waals surface area contributed by atoms with E-state index in [2.05, 4.69) is 10.4 Å². The van der Waals surface area contributed by atoms with Gasteiger partial charge in [0.05, 0.1) is 12.2 Å². The van der Waals surface area contributed by atoms with Crippen molar-refractivity contribution in [3.05, 3.63) is 36.2 Å². The number of hydrogen-bond donors (Lipinski definition) is 2. The minimum absolute atomic E-state index is 0.00493. The fourth-order valence-electron chi connectivity index (χ4n) is 4.56. The molecule has 3 atom stereocenters. The van der Waals surface area contributed by atoms with Gasteiger partial charge in [-0.1, -0.05) is 13.0 Å². The number of fused-ring (bicyclic) bond motifs is 1. The van der Waals surface area contributed by atoms with E-state index in [9.17, 15) is 14.7 Å². The molecule has 1 aliphatic heterocycles. The van der Waals surface area contributed by atoms with Crippen LogP contribution >= 0.6 is 0 Å². The van der Waals surface area contributed by atoms with E-state index in [0.29, 0.717) is 5.92 Å². The monoisotopic (exact) mass is 382 g/mol. The Morgan fingerprint density at radius 2 is 2.04 bits per heavy atom. The van der Waals surface area contributed by atoms with Crippen LogP contribution in [-0.4, -0.2) is 32.9 Å². The highest BCUT2D eigenvalue weighted by Gasteiger charge is 2.47. The molecule has 4 rings (SSSR count). The number of carbonyl (C=O) groups is 2. The molecular weight excluding hydrogens is 356 g/mol. The lowest BCUT2D eigenvalue weighted by Crippen LogP contribution is -2.53. The van der Waals surface area contributed by atoms with Gasteiger partial charge in [0.15, 0.2) is 0 Å². The van der Waals surface area contributed by atoms with Gasteiger partial charge in [0.25, 0.3) is 0 Å². The van der Waals surface area contributed by atoms with Gasteiger partial charge in [0.1, 0.15) is 0 Å². The van der Waals surface area contributed by atoms with E-state index < -0.39 is 6.09 Å². The predicted molar refractivity (Wildman–Crippen MR) is 106 cm³/mol. The van der Waals surface area contributed by atoms with Gasteiger partial charge in [0, 0.05) is 42.9 Å². The van der Waals surface area contributed by atoms with Crippen LogP contribution in [0.25, 0.3) is 11.1 Å². The molecule has 2 aromatic rings. The molecule has 1 aromatic carbocycles. The van der Waals surface area contributed by atoms with Crippen LogP contribution < -0.4 is 10.2 Å². The molecule has 2 heterocycles. The highest BCUT2D eigenvalue weighted by atomic mass is 16.4. The molecule has 1 aliphatic carbocycles. The summed E-state index contributed by atoms with van der Waals surface area (Å²) in [5.74, 6) is 0.437. The van der Waals surface area contributed by atoms with Crippen molar-refractivity contribution in [1.82, 2.24) is 15.1 Å². The standard InChI is InChI=1S/C21H26N4O3/c1-4-24-11-16(10-22-24)15-7-8-18-17(9-15)19(23-21(27)28)12(2)20(14-5-6-14)25(18)13(3)26/h7-12,14,19-20,23H,4-6H2,1-3H3,(H,27,28)/t12-,19-,20+/m1/s1. The van der Waals surface area contributed by atoms with Crippen LogP contribution in [0.4, 0.5) is 10.5 Å². The van der Waals surface area contributed by atoms with Crippen molar-refractivity contribution in [2.75, 3.05) is 4.90 Å². The van der Waals surface area contributed by atoms with E-state index >= 15 is 0 Å². The number of carboxylic acid groups (broad SMARTS) is 1. The summed E-state index contributed by atoms with van der Waals surface area (Å²) in [5, 5.41) is 16.5. The Labute approximate surface area is 164 Å². The first kappa shape index (κ1) is 18.5. The molecule has 1 fully saturated rings. The third kappa shape index (κ3) is 3.15. The van der Waals surface area contributed by atoms with Gasteiger partial charge in [-0.25, -0.2) is 4.79 Å². The molecule has 148 valence electrons. The Hall–Kier alpha value is -2.83. The number of rotatable bonds is 4. The maximum Gasteiger partial charge on any atom is 0.405 e. The number of nitrogens with one attached hydrogen (secondary N) is 1. The topological polar surface area (TPSA) is 87.5 Å². The number of amides is 2. The summed E-state index contributed by atoms with van der Waals surface area (Å²) in [4.78, 5) is 26.0. The van der Waals surface area contributed by atoms with Crippen molar-refractivity contribution in [3.8, 4) is 11.1 Å². The summed E-state index contributed by atoms with van der Waals surface area (Å²) in [6.07, 6.45) is 4.92. The van der Waals surface area contributed by atoms with E-state index in [-0.39, 0.29) is 23.9 Å². The second kappa shape index (κ2) is 6.96. The minimum atomic E-state index is -1.04. The molecule has 28 heavy (non-hydrogen) atoms. The summed E-state index contributed by atoms with van der Waals surface area (Å²) in [7, 11) is 0. The number of nitrogens with zero attached hydrogens (tertiary/aromatic N) is 3. The Bertz CT molecular complexity index is 918. The lowest BCUT2D eigenvalue weighted by Gasteiger charge is -2.45. The Morgan fingerprint density at radius 3 is 2.61 bits per heavy atom. The van der Waals surface area contributed by atoms with Gasteiger partial charge in [-0.2, -0.15) is 5.10 Å². The molecule has 7 nitrogen and oxygen atoms in total. The second-order valence-corrected chi connectivity index (χ2v) is 7.86. The maximum absolute atomic E-state index is 12.6. The Balaban J connectivity index is 1.83. The first-order valence-corrected chi connectivity index (χ1v) is 9.86. The fourth-order valence-corrected chi connectivity index (χ4v) is 4.56. The van der Waals surface area contributed by atoms with Gasteiger partial charge in [-0.15, -0.1) is 0 Å². The van der Waals surface area contributed by atoms with E-state index in [0.717, 1.165) is 41.8 Å². The van der Waals surface area contributed by atoms with E-state index in [4.69, 9.17) is 0 Å². The molecule has 0 radical (unpaired) electrons. The molecule has 2 amide bonds. The second-order valence-electron chi connectivity index (χ2n) is 7.86. The molecule has 0 spiro atoms. The first-order chi connectivity index (χ1) is 13.4. The lowest BCUT2D eigenvalue weighted by molar-refractivity contribution is -0.117. The zero-order valence-corrected chi connectivity index (χ0v) is 16.4. The molecule has 1 saturated carbocycles. The van der Waals surface area contributed by atoms with Crippen LogP contribution in [0, 0.1) is 11.8 Å². The van der Waals surface area contributed by atoms with Crippen molar-refractivity contribution in [1.29, 1.82) is 0 Å². The molecule has 0 unspecified atom stereocenters. The van der Waals surface area contributed by atoms with Crippen molar-refractivity contribution < 1.29 is 14.7 Å². The van der Waals surface area contributed by atoms with Gasteiger partial charge >= 0.3 is 6.09 Å². The smallest absolute Gasteiger partial charge is 0.405 e. The summed E-state index contributed by atoms with van der Waals surface area (Å²) in [5.41, 5.74) is 3.61. The van der Waals surface area contributed by atoms with Crippen LogP contribution in [0.15, 0.2) is 30.6 Å². The third-order valence-corrected chi connectivity index (χ3v) is 6.00. The quantitative estimate of drug-likeness (QED) is 0.845. The summed E-state index contributed by atoms with van der Waals surface area (Å²) < 4.78 is 1.86. The van der Waals surface area contributed by atoms with E-state index in [1.54, 1.807) is 6.92 Å². The minimum Gasteiger partial charge on any atom is -0.465 e. The largest absolute Gasteiger partial charge is 0.465 e. The summed E-state index contributed by atoms with van der Waals surface area (Å²) in [6, 6.07) is 5.62. The molecule has 2 aliphatic rings. The zero-order chi connectivity index (χ0) is 20.0. The van der Waals surface area contributed by atoms with Crippen LogP contribution in [0.5, 0.6) is 0 Å².